The lowest BCUT2D eigenvalue weighted by molar-refractivity contribution is 0.0986. The molecule has 4 aromatic rings. The minimum absolute atomic E-state index is 0.0375. The highest BCUT2D eigenvalue weighted by atomic mass is 16.5. The Hall–Kier alpha value is -4.41. The average molecular weight is 492 g/mol. The number of rotatable bonds is 8. The van der Waals surface area contributed by atoms with E-state index >= 15 is 0 Å². The van der Waals surface area contributed by atoms with Crippen molar-refractivity contribution in [3.05, 3.63) is 79.9 Å². The summed E-state index contributed by atoms with van der Waals surface area (Å²) in [6.07, 6.45) is 2.91. The van der Waals surface area contributed by atoms with Crippen molar-refractivity contribution in [2.45, 2.75) is 46.7 Å². The van der Waals surface area contributed by atoms with Gasteiger partial charge in [0.2, 0.25) is 0 Å². The molecule has 0 aliphatic rings. The quantitative estimate of drug-likeness (QED) is 0.386. The molecule has 1 amide bonds. The maximum atomic E-state index is 14.1. The van der Waals surface area contributed by atoms with Gasteiger partial charge in [0, 0.05) is 23.5 Å². The molecule has 11 nitrogen and oxygen atoms in total. The molecule has 3 heterocycles. The van der Waals surface area contributed by atoms with Gasteiger partial charge in [-0.2, -0.15) is 5.10 Å². The smallest absolute Gasteiger partial charge is 0.330 e. The molecule has 0 saturated heterocycles. The number of hydrogen-bond acceptors (Lipinski definition) is 7. The second-order valence-electron chi connectivity index (χ2n) is 8.53. The zero-order valence-electron chi connectivity index (χ0n) is 20.7. The van der Waals surface area contributed by atoms with E-state index in [9.17, 15) is 14.4 Å². The molecule has 11 heteroatoms. The van der Waals surface area contributed by atoms with Crippen molar-refractivity contribution in [1.29, 1.82) is 0 Å². The Labute approximate surface area is 207 Å². The van der Waals surface area contributed by atoms with Crippen molar-refractivity contribution in [2.75, 3.05) is 17.7 Å². The number of aryl methyl sites for hydroxylation is 2. The van der Waals surface area contributed by atoms with Crippen molar-refractivity contribution in [3.8, 4) is 5.75 Å². The molecule has 0 aliphatic heterocycles. The van der Waals surface area contributed by atoms with Crippen molar-refractivity contribution in [1.82, 2.24) is 24.1 Å². The molecule has 3 N–H and O–H groups in total. The molecule has 0 unspecified atom stereocenters. The maximum absolute atomic E-state index is 14.1. The zero-order chi connectivity index (χ0) is 26.0. The van der Waals surface area contributed by atoms with Crippen molar-refractivity contribution >= 4 is 23.1 Å². The van der Waals surface area contributed by atoms with Gasteiger partial charge in [0.05, 0.1) is 19.9 Å². The molecule has 36 heavy (non-hydrogen) atoms. The summed E-state index contributed by atoms with van der Waals surface area (Å²) in [5.41, 5.74) is 7.61. The van der Waals surface area contributed by atoms with E-state index < -0.39 is 17.2 Å². The number of nitrogens with one attached hydrogen (secondary N) is 1. The molecule has 0 radical (unpaired) electrons. The van der Waals surface area contributed by atoms with Gasteiger partial charge in [-0.05, 0) is 32.4 Å². The van der Waals surface area contributed by atoms with Crippen LogP contribution in [-0.4, -0.2) is 37.2 Å². The number of fused-ring (bicyclic) bond motifs is 1. The summed E-state index contributed by atoms with van der Waals surface area (Å²) in [5.74, 6) is -0.0854. The van der Waals surface area contributed by atoms with E-state index in [1.165, 1.54) is 22.8 Å². The number of benzene rings is 1. The highest BCUT2D eigenvalue weighted by Crippen LogP contribution is 2.27. The fourth-order valence-corrected chi connectivity index (χ4v) is 4.20. The molecule has 4 rings (SSSR count). The largest absolute Gasteiger partial charge is 0.496 e. The van der Waals surface area contributed by atoms with Gasteiger partial charge in [0.1, 0.15) is 17.1 Å². The predicted molar refractivity (Wildman–Crippen MR) is 137 cm³/mol. The molecule has 0 atom stereocenters. The van der Waals surface area contributed by atoms with Crippen molar-refractivity contribution < 1.29 is 9.53 Å². The Morgan fingerprint density at radius 1 is 1.22 bits per heavy atom. The average Bonchev–Trinajstić information content (AvgIpc) is 3.27. The number of H-pyrrole nitrogens is 1. The number of aromatic amines is 1. The van der Waals surface area contributed by atoms with Gasteiger partial charge in [-0.3, -0.25) is 24.0 Å². The van der Waals surface area contributed by atoms with E-state index in [4.69, 9.17) is 10.5 Å². The van der Waals surface area contributed by atoms with Crippen LogP contribution in [0.2, 0.25) is 0 Å². The van der Waals surface area contributed by atoms with Crippen LogP contribution in [0.5, 0.6) is 5.75 Å². The predicted octanol–water partition coefficient (Wildman–Crippen LogP) is 2.43. The second-order valence-corrected chi connectivity index (χ2v) is 8.53. The van der Waals surface area contributed by atoms with E-state index in [-0.39, 0.29) is 23.6 Å². The number of aromatic nitrogens is 5. The minimum atomic E-state index is -0.759. The Morgan fingerprint density at radius 3 is 2.69 bits per heavy atom. The van der Waals surface area contributed by atoms with Gasteiger partial charge < -0.3 is 10.5 Å². The normalized spacial score (nSPS) is 11.1. The van der Waals surface area contributed by atoms with Crippen LogP contribution in [0.25, 0.3) is 5.65 Å². The van der Waals surface area contributed by atoms with Crippen LogP contribution in [0.3, 0.4) is 0 Å². The number of nitrogen functional groups attached to an aromatic ring is 1. The third-order valence-electron chi connectivity index (χ3n) is 5.99. The summed E-state index contributed by atoms with van der Waals surface area (Å²) >= 11 is 0. The first-order chi connectivity index (χ1) is 17.3. The molecule has 0 fully saturated rings. The van der Waals surface area contributed by atoms with Crippen molar-refractivity contribution in [3.63, 3.8) is 0 Å². The molecule has 188 valence electrons. The summed E-state index contributed by atoms with van der Waals surface area (Å²) in [6, 6.07) is 9.02. The van der Waals surface area contributed by atoms with Crippen LogP contribution >= 0.6 is 0 Å². The van der Waals surface area contributed by atoms with Crippen LogP contribution in [0.4, 0.5) is 11.5 Å². The second kappa shape index (κ2) is 10.1. The van der Waals surface area contributed by atoms with Crippen LogP contribution < -0.4 is 26.6 Å². The highest BCUT2D eigenvalue weighted by molar-refractivity contribution is 6.10. The molecule has 0 spiro atoms. The Balaban J connectivity index is 1.93. The number of nitrogens with zero attached hydrogens (tertiary/aromatic N) is 5. The van der Waals surface area contributed by atoms with Crippen LogP contribution in [-0.2, 0) is 13.1 Å². The number of anilines is 2. The zero-order valence-corrected chi connectivity index (χ0v) is 20.7. The van der Waals surface area contributed by atoms with E-state index in [1.807, 2.05) is 26.8 Å². The fourth-order valence-electron chi connectivity index (χ4n) is 4.20. The van der Waals surface area contributed by atoms with E-state index in [1.54, 1.807) is 28.8 Å². The molecule has 0 saturated carbocycles. The molecule has 1 aromatic carbocycles. The summed E-state index contributed by atoms with van der Waals surface area (Å²) in [5, 5.41) is 4.32. The summed E-state index contributed by atoms with van der Waals surface area (Å²) in [6.45, 7) is 5.94. The molecular weight excluding hydrogens is 462 g/mol. The first-order valence-electron chi connectivity index (χ1n) is 11.6. The van der Waals surface area contributed by atoms with Gasteiger partial charge in [-0.1, -0.05) is 31.5 Å². The number of amides is 1. The lowest BCUT2D eigenvalue weighted by atomic mass is 10.1. The minimum Gasteiger partial charge on any atom is -0.496 e. The number of para-hydroxylation sites is 1. The Morgan fingerprint density at radius 2 is 1.97 bits per heavy atom. The number of carbonyl (C=O) groups excluding carboxylic acids is 1. The fraction of sp³-hybridized carbons (Fsp3) is 0.320. The van der Waals surface area contributed by atoms with Crippen LogP contribution in [0, 0.1) is 13.8 Å². The number of carbonyl (C=O) groups is 1. The van der Waals surface area contributed by atoms with E-state index in [0.717, 1.165) is 17.8 Å². The molecular formula is C25H29N7O4. The Bertz CT molecular complexity index is 1550. The summed E-state index contributed by atoms with van der Waals surface area (Å²) < 4.78 is 8.32. The van der Waals surface area contributed by atoms with E-state index in [0.29, 0.717) is 29.9 Å². The SMILES string of the molecule is CCCCn1c(N)c(N(Cc2ccccc2OC)C(=O)c2cnn3c(C)cc(C)nc23)c(=O)[nH]c1=O. The number of hydrogen-bond donors (Lipinski definition) is 2. The third kappa shape index (κ3) is 4.47. The lowest BCUT2D eigenvalue weighted by Crippen LogP contribution is -2.41. The monoisotopic (exact) mass is 491 g/mol. The number of ether oxygens (including phenoxy) is 1. The standard InChI is InChI=1S/C25H29N7O4/c1-5-6-11-30-21(26)20(23(33)29-25(30)35)31(14-17-9-7-8-10-19(17)36-4)24(34)18-13-27-32-16(3)12-15(2)28-22(18)32/h7-10,12-13H,5-6,11,14,26H2,1-4H3,(H,29,33,35). The van der Waals surface area contributed by atoms with E-state index in [2.05, 4.69) is 15.1 Å². The van der Waals surface area contributed by atoms with Gasteiger partial charge >= 0.3 is 5.69 Å². The highest BCUT2D eigenvalue weighted by Gasteiger charge is 2.29. The van der Waals surface area contributed by atoms with Crippen molar-refractivity contribution in [2.24, 2.45) is 0 Å². The molecule has 0 bridgehead atoms. The van der Waals surface area contributed by atoms with Gasteiger partial charge in [-0.15, -0.1) is 0 Å². The Kier molecular flexibility index (Phi) is 6.91. The van der Waals surface area contributed by atoms with Gasteiger partial charge in [0.25, 0.3) is 11.5 Å². The topological polar surface area (TPSA) is 141 Å². The maximum Gasteiger partial charge on any atom is 0.330 e. The number of nitrogens with two attached hydrogens (primary N) is 1. The lowest BCUT2D eigenvalue weighted by Gasteiger charge is -2.25. The third-order valence-corrected chi connectivity index (χ3v) is 5.99. The van der Waals surface area contributed by atoms with Gasteiger partial charge in [0.15, 0.2) is 11.3 Å². The van der Waals surface area contributed by atoms with Gasteiger partial charge in [-0.25, -0.2) is 14.3 Å². The summed E-state index contributed by atoms with van der Waals surface area (Å²) in [4.78, 5) is 47.8. The van der Waals surface area contributed by atoms with Crippen LogP contribution in [0.15, 0.2) is 46.1 Å². The number of methoxy groups -OCH3 is 1. The summed E-state index contributed by atoms with van der Waals surface area (Å²) in [7, 11) is 1.53. The first-order valence-corrected chi connectivity index (χ1v) is 11.6. The first kappa shape index (κ1) is 24.7. The molecule has 3 aromatic heterocycles. The number of unbranched alkanes of at least 4 members (excludes halogenated alkanes) is 1. The molecule has 0 aliphatic carbocycles. The van der Waals surface area contributed by atoms with Crippen LogP contribution in [0.1, 0.15) is 47.1 Å².